The average molecular weight is 258 g/mol. The summed E-state index contributed by atoms with van der Waals surface area (Å²) in [5.41, 5.74) is 1.47. The molecule has 0 aliphatic heterocycles. The molecule has 3 aromatic rings. The van der Waals surface area contributed by atoms with Crippen LogP contribution in [0.5, 0.6) is 5.75 Å². The van der Waals surface area contributed by atoms with E-state index in [0.29, 0.717) is 11.3 Å². The number of carbonyl (C=O) groups is 1. The second-order valence-corrected chi connectivity index (χ2v) is 3.96. The molecule has 6 nitrogen and oxygen atoms in total. The van der Waals surface area contributed by atoms with Crippen molar-refractivity contribution in [2.45, 2.75) is 0 Å². The van der Waals surface area contributed by atoms with Crippen molar-refractivity contribution in [2.24, 2.45) is 0 Å². The number of carboxylic acids is 1. The fraction of sp³-hybridized carbons (Fsp3) is 0.0769. The predicted octanol–water partition coefficient (Wildman–Crippen LogP) is 2.53. The molecule has 2 aromatic heterocycles. The summed E-state index contributed by atoms with van der Waals surface area (Å²) >= 11 is 0. The minimum Gasteiger partial charge on any atom is -0.496 e. The normalized spacial score (nSPS) is 10.8. The molecule has 0 saturated carbocycles. The minimum atomic E-state index is -1.08. The molecule has 0 atom stereocenters. The highest BCUT2D eigenvalue weighted by Crippen LogP contribution is 2.36. The minimum absolute atomic E-state index is 0.0202. The average Bonchev–Trinajstić information content (AvgIpc) is 3.03. The molecule has 0 fully saturated rings. The zero-order valence-corrected chi connectivity index (χ0v) is 10.0. The molecule has 2 heterocycles. The molecule has 0 spiro atoms. The summed E-state index contributed by atoms with van der Waals surface area (Å²) in [5.74, 6) is -0.231. The van der Waals surface area contributed by atoms with E-state index in [1.807, 2.05) is 12.1 Å². The lowest BCUT2D eigenvalue weighted by Crippen LogP contribution is -1.95. The number of hydrogen-bond donors (Lipinski definition) is 2. The number of nitrogens with one attached hydrogen (secondary N) is 1. The van der Waals surface area contributed by atoms with Gasteiger partial charge in [0.1, 0.15) is 11.3 Å². The van der Waals surface area contributed by atoms with E-state index < -0.39 is 5.97 Å². The van der Waals surface area contributed by atoms with Crippen LogP contribution in [0.25, 0.3) is 22.2 Å². The summed E-state index contributed by atoms with van der Waals surface area (Å²) in [6.07, 6.45) is 2.87. The maximum absolute atomic E-state index is 11.1. The third-order valence-electron chi connectivity index (χ3n) is 2.93. The van der Waals surface area contributed by atoms with Crippen LogP contribution in [0.3, 0.4) is 0 Å². The Hall–Kier alpha value is -2.76. The predicted molar refractivity (Wildman–Crippen MR) is 67.3 cm³/mol. The van der Waals surface area contributed by atoms with Crippen LogP contribution >= 0.6 is 0 Å². The molecule has 0 radical (unpaired) electrons. The van der Waals surface area contributed by atoms with Crippen molar-refractivity contribution in [3.05, 3.63) is 36.2 Å². The standard InChI is InChI=1S/C13H10N2O4/c1-18-10-4-2-3-9-11(10)7(5-14-9)12-8(13(16)17)6-15-19-12/h2-6,14H,1H3,(H,16,17). The van der Waals surface area contributed by atoms with Gasteiger partial charge in [0.05, 0.1) is 24.3 Å². The summed E-state index contributed by atoms with van der Waals surface area (Å²) in [5, 5.41) is 13.4. The summed E-state index contributed by atoms with van der Waals surface area (Å²) in [4.78, 5) is 14.2. The van der Waals surface area contributed by atoms with Crippen molar-refractivity contribution in [3.63, 3.8) is 0 Å². The quantitative estimate of drug-likeness (QED) is 0.753. The number of fused-ring (bicyclic) bond motifs is 1. The first-order chi connectivity index (χ1) is 9.22. The van der Waals surface area contributed by atoms with Crippen molar-refractivity contribution in [3.8, 4) is 17.1 Å². The lowest BCUT2D eigenvalue weighted by molar-refractivity contribution is 0.0697. The van der Waals surface area contributed by atoms with Crippen molar-refractivity contribution in [2.75, 3.05) is 7.11 Å². The van der Waals surface area contributed by atoms with Gasteiger partial charge in [-0.25, -0.2) is 4.79 Å². The van der Waals surface area contributed by atoms with Crippen LogP contribution in [0.1, 0.15) is 10.4 Å². The lowest BCUT2D eigenvalue weighted by atomic mass is 10.1. The van der Waals surface area contributed by atoms with Gasteiger partial charge in [0.25, 0.3) is 0 Å². The highest BCUT2D eigenvalue weighted by atomic mass is 16.5. The Morgan fingerprint density at radius 3 is 3.05 bits per heavy atom. The Bertz CT molecular complexity index is 757. The molecular formula is C13H10N2O4. The molecule has 96 valence electrons. The van der Waals surface area contributed by atoms with E-state index in [1.165, 1.54) is 6.20 Å². The van der Waals surface area contributed by atoms with Crippen LogP contribution in [-0.2, 0) is 0 Å². The number of ether oxygens (including phenoxy) is 1. The number of aromatic carboxylic acids is 1. The summed E-state index contributed by atoms with van der Waals surface area (Å²) in [6, 6.07) is 5.52. The van der Waals surface area contributed by atoms with Crippen molar-refractivity contribution in [1.82, 2.24) is 10.1 Å². The molecule has 3 rings (SSSR count). The highest BCUT2D eigenvalue weighted by molar-refractivity contribution is 6.03. The molecule has 19 heavy (non-hydrogen) atoms. The smallest absolute Gasteiger partial charge is 0.341 e. The van der Waals surface area contributed by atoms with Gasteiger partial charge in [0.15, 0.2) is 5.76 Å². The second-order valence-electron chi connectivity index (χ2n) is 3.96. The monoisotopic (exact) mass is 258 g/mol. The van der Waals surface area contributed by atoms with E-state index in [4.69, 9.17) is 14.4 Å². The number of H-pyrrole nitrogens is 1. The SMILES string of the molecule is COc1cccc2[nH]cc(-c3oncc3C(=O)O)c12. The zero-order valence-electron chi connectivity index (χ0n) is 10.0. The van der Waals surface area contributed by atoms with Gasteiger partial charge >= 0.3 is 5.97 Å². The Labute approximate surface area is 107 Å². The Kier molecular flexibility index (Phi) is 2.49. The third kappa shape index (κ3) is 1.65. The zero-order chi connectivity index (χ0) is 13.4. The molecule has 2 N–H and O–H groups in total. The van der Waals surface area contributed by atoms with Gasteiger partial charge in [-0.15, -0.1) is 0 Å². The van der Waals surface area contributed by atoms with Crippen molar-refractivity contribution < 1.29 is 19.2 Å². The van der Waals surface area contributed by atoms with Gasteiger partial charge in [0.2, 0.25) is 0 Å². The Morgan fingerprint density at radius 1 is 1.47 bits per heavy atom. The van der Waals surface area contributed by atoms with E-state index in [9.17, 15) is 4.79 Å². The molecule has 1 aromatic carbocycles. The molecule has 0 saturated heterocycles. The van der Waals surface area contributed by atoms with Crippen LogP contribution < -0.4 is 4.74 Å². The molecule has 0 aliphatic carbocycles. The fourth-order valence-corrected chi connectivity index (χ4v) is 2.09. The maximum atomic E-state index is 11.1. The third-order valence-corrected chi connectivity index (χ3v) is 2.93. The van der Waals surface area contributed by atoms with E-state index in [0.717, 1.165) is 10.9 Å². The number of rotatable bonds is 3. The first-order valence-corrected chi connectivity index (χ1v) is 5.55. The van der Waals surface area contributed by atoms with Gasteiger partial charge in [-0.05, 0) is 12.1 Å². The fourth-order valence-electron chi connectivity index (χ4n) is 2.09. The number of hydrogen-bond acceptors (Lipinski definition) is 4. The number of benzene rings is 1. The van der Waals surface area contributed by atoms with E-state index >= 15 is 0 Å². The van der Waals surface area contributed by atoms with Crippen LogP contribution in [0.2, 0.25) is 0 Å². The molecule has 0 amide bonds. The maximum Gasteiger partial charge on any atom is 0.341 e. The second kappa shape index (κ2) is 4.16. The first-order valence-electron chi connectivity index (χ1n) is 5.55. The highest BCUT2D eigenvalue weighted by Gasteiger charge is 2.21. The number of methoxy groups -OCH3 is 1. The molecule has 0 unspecified atom stereocenters. The number of nitrogens with zero attached hydrogens (tertiary/aromatic N) is 1. The van der Waals surface area contributed by atoms with Crippen LogP contribution in [0, 0.1) is 0 Å². The summed E-state index contributed by atoms with van der Waals surface area (Å²) in [7, 11) is 1.56. The van der Waals surface area contributed by atoms with Crippen LogP contribution in [0.15, 0.2) is 35.1 Å². The Balaban J connectivity index is 2.31. The van der Waals surface area contributed by atoms with Gasteiger partial charge < -0.3 is 19.4 Å². The van der Waals surface area contributed by atoms with Gasteiger partial charge in [-0.2, -0.15) is 0 Å². The van der Waals surface area contributed by atoms with Crippen molar-refractivity contribution in [1.29, 1.82) is 0 Å². The molecule has 0 bridgehead atoms. The van der Waals surface area contributed by atoms with Crippen LogP contribution in [0.4, 0.5) is 0 Å². The summed E-state index contributed by atoms with van der Waals surface area (Å²) < 4.78 is 10.4. The van der Waals surface area contributed by atoms with E-state index in [-0.39, 0.29) is 11.3 Å². The molecule has 6 heteroatoms. The van der Waals surface area contributed by atoms with Crippen LogP contribution in [-0.4, -0.2) is 28.3 Å². The van der Waals surface area contributed by atoms with E-state index in [1.54, 1.807) is 19.4 Å². The first kappa shape index (κ1) is 11.3. The topological polar surface area (TPSA) is 88.4 Å². The summed E-state index contributed by atoms with van der Waals surface area (Å²) in [6.45, 7) is 0. The lowest BCUT2D eigenvalue weighted by Gasteiger charge is -2.03. The largest absolute Gasteiger partial charge is 0.496 e. The van der Waals surface area contributed by atoms with Gasteiger partial charge in [-0.3, -0.25) is 0 Å². The number of aromatic nitrogens is 2. The molecular weight excluding hydrogens is 248 g/mol. The molecule has 0 aliphatic rings. The van der Waals surface area contributed by atoms with Gasteiger partial charge in [0, 0.05) is 11.7 Å². The number of aromatic amines is 1. The van der Waals surface area contributed by atoms with Gasteiger partial charge in [-0.1, -0.05) is 11.2 Å². The number of carboxylic acid groups (broad SMARTS) is 1. The van der Waals surface area contributed by atoms with E-state index in [2.05, 4.69) is 10.1 Å². The Morgan fingerprint density at radius 2 is 2.32 bits per heavy atom. The van der Waals surface area contributed by atoms with Crippen molar-refractivity contribution >= 4 is 16.9 Å².